The highest BCUT2D eigenvalue weighted by Gasteiger charge is 1.93. The first-order chi connectivity index (χ1) is 3.97. The third kappa shape index (κ3) is 0.281. The molecule has 0 bridgehead atoms. The molecule has 5 nitrogen and oxygen atoms in total. The van der Waals surface area contributed by atoms with Gasteiger partial charge in [-0.2, -0.15) is 5.10 Å². The summed E-state index contributed by atoms with van der Waals surface area (Å²) in [6, 6.07) is 0. The second kappa shape index (κ2) is 1.06. The van der Waals surface area contributed by atoms with Gasteiger partial charge in [-0.15, -0.1) is 5.10 Å². The van der Waals surface area contributed by atoms with Crippen molar-refractivity contribution >= 4 is 11.2 Å². The molecular weight excluding hydrogens is 106 g/mol. The molecule has 0 aliphatic rings. The van der Waals surface area contributed by atoms with Crippen molar-refractivity contribution in [2.45, 2.75) is 0 Å². The van der Waals surface area contributed by atoms with Crippen molar-refractivity contribution in [3.05, 3.63) is 6.20 Å². The molecule has 0 atom stereocenters. The fourth-order valence-electron chi connectivity index (χ4n) is 0.567. The van der Waals surface area contributed by atoms with Crippen LogP contribution in [-0.2, 0) is 0 Å². The standard InChI is InChI=1S/C3H3N5/c1-2-3(6-4-1)7-8-5-2/h1H,(H2,4,5,6,7,8). The molecule has 0 aliphatic carbocycles. The van der Waals surface area contributed by atoms with Crippen molar-refractivity contribution in [3.63, 3.8) is 0 Å². The number of nitrogens with zero attached hydrogens (tertiary/aromatic N) is 3. The van der Waals surface area contributed by atoms with Gasteiger partial charge >= 0.3 is 0 Å². The smallest absolute Gasteiger partial charge is 0.171 e. The molecular formula is C3H3N5. The zero-order chi connectivity index (χ0) is 5.40. The molecule has 0 saturated heterocycles. The summed E-state index contributed by atoms with van der Waals surface area (Å²) in [5, 5.41) is 16.2. The van der Waals surface area contributed by atoms with Crippen LogP contribution in [0.2, 0.25) is 0 Å². The molecule has 2 aromatic rings. The molecule has 2 N–H and O–H groups in total. The molecule has 0 unspecified atom stereocenters. The van der Waals surface area contributed by atoms with Crippen LogP contribution in [0.1, 0.15) is 0 Å². The van der Waals surface area contributed by atoms with Crippen LogP contribution < -0.4 is 0 Å². The van der Waals surface area contributed by atoms with Crippen molar-refractivity contribution in [1.29, 1.82) is 0 Å². The van der Waals surface area contributed by atoms with E-state index in [1.165, 1.54) is 0 Å². The van der Waals surface area contributed by atoms with Crippen LogP contribution in [0.5, 0.6) is 0 Å². The summed E-state index contributed by atoms with van der Waals surface area (Å²) in [4.78, 5) is 0. The maximum atomic E-state index is 3.70. The fourth-order valence-corrected chi connectivity index (χ4v) is 0.567. The first kappa shape index (κ1) is 3.59. The lowest BCUT2D eigenvalue weighted by atomic mass is 10.6. The van der Waals surface area contributed by atoms with Gasteiger partial charge in [-0.1, -0.05) is 5.21 Å². The molecule has 0 radical (unpaired) electrons. The Kier molecular flexibility index (Phi) is 0.476. The molecule has 0 saturated carbocycles. The largest absolute Gasteiger partial charge is 0.260 e. The summed E-state index contributed by atoms with van der Waals surface area (Å²) in [6.45, 7) is 0. The van der Waals surface area contributed by atoms with Gasteiger partial charge < -0.3 is 0 Å². The van der Waals surface area contributed by atoms with Crippen LogP contribution in [0.3, 0.4) is 0 Å². The van der Waals surface area contributed by atoms with E-state index in [1.807, 2.05) is 0 Å². The van der Waals surface area contributed by atoms with Crippen LogP contribution in [0.4, 0.5) is 0 Å². The van der Waals surface area contributed by atoms with E-state index in [1.54, 1.807) is 6.20 Å². The Balaban J connectivity index is 3.06. The molecule has 0 aliphatic heterocycles. The highest BCUT2D eigenvalue weighted by molar-refractivity contribution is 5.66. The fraction of sp³-hybridized carbons (Fsp3) is 0. The number of rotatable bonds is 0. The van der Waals surface area contributed by atoms with Crippen molar-refractivity contribution in [2.24, 2.45) is 0 Å². The van der Waals surface area contributed by atoms with E-state index in [9.17, 15) is 0 Å². The van der Waals surface area contributed by atoms with E-state index in [-0.39, 0.29) is 0 Å². The van der Waals surface area contributed by atoms with E-state index in [0.29, 0.717) is 0 Å². The quantitative estimate of drug-likeness (QED) is 0.487. The Morgan fingerprint density at radius 2 is 2.38 bits per heavy atom. The van der Waals surface area contributed by atoms with Crippen molar-refractivity contribution in [3.8, 4) is 0 Å². The van der Waals surface area contributed by atoms with Crippen molar-refractivity contribution in [2.75, 3.05) is 0 Å². The van der Waals surface area contributed by atoms with Gasteiger partial charge in [0.2, 0.25) is 0 Å². The van der Waals surface area contributed by atoms with Gasteiger partial charge in [0.15, 0.2) is 11.2 Å². The Bertz CT molecular complexity index is 229. The Morgan fingerprint density at radius 1 is 1.38 bits per heavy atom. The summed E-state index contributed by atoms with van der Waals surface area (Å²) in [6.07, 6.45) is 1.61. The highest BCUT2D eigenvalue weighted by atomic mass is 15.4. The van der Waals surface area contributed by atoms with E-state index in [2.05, 4.69) is 25.6 Å². The first-order valence-electron chi connectivity index (χ1n) is 2.17. The van der Waals surface area contributed by atoms with Crippen LogP contribution >= 0.6 is 0 Å². The highest BCUT2D eigenvalue weighted by Crippen LogP contribution is 1.97. The molecule has 2 aromatic heterocycles. The molecule has 5 heteroatoms. The Morgan fingerprint density at radius 3 is 3.25 bits per heavy atom. The number of aromatic nitrogens is 5. The predicted molar refractivity (Wildman–Crippen MR) is 26.0 cm³/mol. The lowest BCUT2D eigenvalue weighted by molar-refractivity contribution is 0.934. The van der Waals surface area contributed by atoms with Gasteiger partial charge in [0.1, 0.15) is 0 Å². The lowest BCUT2D eigenvalue weighted by Gasteiger charge is -1.63. The van der Waals surface area contributed by atoms with Gasteiger partial charge in [0.25, 0.3) is 0 Å². The predicted octanol–water partition coefficient (Wildman–Crippen LogP) is -0.319. The van der Waals surface area contributed by atoms with E-state index in [0.717, 1.165) is 11.2 Å². The third-order valence-electron chi connectivity index (χ3n) is 0.939. The monoisotopic (exact) mass is 109 g/mol. The molecule has 0 amide bonds. The normalized spacial score (nSPS) is 10.5. The summed E-state index contributed by atoms with van der Waals surface area (Å²) in [5.74, 6) is 0. The summed E-state index contributed by atoms with van der Waals surface area (Å²) in [7, 11) is 0. The number of hydrogen-bond acceptors (Lipinski definition) is 3. The number of hydrogen-bond donors (Lipinski definition) is 2. The van der Waals surface area contributed by atoms with Gasteiger partial charge in [-0.05, 0) is 0 Å². The van der Waals surface area contributed by atoms with E-state index >= 15 is 0 Å². The van der Waals surface area contributed by atoms with Crippen LogP contribution in [-0.4, -0.2) is 25.6 Å². The minimum atomic E-state index is 0.769. The van der Waals surface area contributed by atoms with Crippen molar-refractivity contribution in [1.82, 2.24) is 25.6 Å². The second-order valence-corrected chi connectivity index (χ2v) is 1.44. The molecule has 0 spiro atoms. The Hall–Kier alpha value is -1.39. The number of aromatic amines is 2. The van der Waals surface area contributed by atoms with Gasteiger partial charge in [0, 0.05) is 0 Å². The molecule has 2 heterocycles. The van der Waals surface area contributed by atoms with Crippen LogP contribution in [0.25, 0.3) is 11.2 Å². The number of H-pyrrole nitrogens is 2. The van der Waals surface area contributed by atoms with E-state index < -0.39 is 0 Å². The van der Waals surface area contributed by atoms with Gasteiger partial charge in [0.05, 0.1) is 6.20 Å². The molecule has 0 aromatic carbocycles. The lowest BCUT2D eigenvalue weighted by Crippen LogP contribution is -1.70. The molecule has 0 fully saturated rings. The van der Waals surface area contributed by atoms with Crippen LogP contribution in [0.15, 0.2) is 6.20 Å². The summed E-state index contributed by atoms with van der Waals surface area (Å²) < 4.78 is 0. The maximum Gasteiger partial charge on any atom is 0.171 e. The van der Waals surface area contributed by atoms with E-state index in [4.69, 9.17) is 0 Å². The van der Waals surface area contributed by atoms with Crippen molar-refractivity contribution < 1.29 is 0 Å². The minimum Gasteiger partial charge on any atom is -0.260 e. The summed E-state index contributed by atoms with van der Waals surface area (Å²) >= 11 is 0. The SMILES string of the molecule is c1n[nH]c2[nH]nnc12. The topological polar surface area (TPSA) is 70.2 Å². The second-order valence-electron chi connectivity index (χ2n) is 1.44. The summed E-state index contributed by atoms with van der Waals surface area (Å²) in [5.41, 5.74) is 1.54. The zero-order valence-electron chi connectivity index (χ0n) is 3.92. The van der Waals surface area contributed by atoms with Gasteiger partial charge in [-0.3, -0.25) is 5.10 Å². The van der Waals surface area contributed by atoms with Crippen LogP contribution in [0, 0.1) is 0 Å². The van der Waals surface area contributed by atoms with Gasteiger partial charge in [-0.25, -0.2) is 5.10 Å². The number of nitrogens with one attached hydrogen (secondary N) is 2. The minimum absolute atomic E-state index is 0.769. The first-order valence-corrected chi connectivity index (χ1v) is 2.17. The molecule has 2 rings (SSSR count). The average molecular weight is 109 g/mol. The Labute approximate surface area is 44.1 Å². The number of fused-ring (bicyclic) bond motifs is 1. The maximum absolute atomic E-state index is 3.70. The third-order valence-corrected chi connectivity index (χ3v) is 0.939. The zero-order valence-corrected chi connectivity index (χ0v) is 3.92. The average Bonchev–Trinajstić information content (AvgIpc) is 2.15. The molecule has 8 heavy (non-hydrogen) atoms. The molecule has 40 valence electrons.